The standard InChI is InChI=1S/C6H10O2S2.Na.H/c1-4(2)3-5(7)8-6(9)10;;/h4H,3H2,1-2H3,(H,9,10);;/q;+1;-1. The van der Waals surface area contributed by atoms with E-state index in [1.54, 1.807) is 0 Å². The van der Waals surface area contributed by atoms with Crippen LogP contribution >= 0.6 is 24.8 Å². The van der Waals surface area contributed by atoms with Gasteiger partial charge in [0.2, 0.25) is 4.38 Å². The summed E-state index contributed by atoms with van der Waals surface area (Å²) in [5.74, 6) is -0.00909. The van der Waals surface area contributed by atoms with Gasteiger partial charge in [-0.1, -0.05) is 26.5 Å². The van der Waals surface area contributed by atoms with Crippen molar-refractivity contribution in [3.05, 3.63) is 0 Å². The second-order valence-corrected chi connectivity index (χ2v) is 3.42. The third-order valence-corrected chi connectivity index (χ3v) is 0.951. The molecule has 0 aliphatic rings. The molecule has 0 radical (unpaired) electrons. The summed E-state index contributed by atoms with van der Waals surface area (Å²) >= 11 is 8.09. The number of rotatable bonds is 2. The summed E-state index contributed by atoms with van der Waals surface area (Å²) in [6, 6.07) is 0. The minimum Gasteiger partial charge on any atom is -1.00 e. The SMILES string of the molecule is CC(C)CC(=O)OC(=S)S.[H-].[Na+]. The molecule has 0 aromatic rings. The molecule has 0 spiro atoms. The predicted molar refractivity (Wildman–Crippen MR) is 48.2 cm³/mol. The van der Waals surface area contributed by atoms with Gasteiger partial charge in [-0.25, -0.2) is 0 Å². The zero-order valence-corrected chi connectivity index (χ0v) is 10.7. The van der Waals surface area contributed by atoms with E-state index in [-0.39, 0.29) is 41.3 Å². The number of hydrogen-bond donors (Lipinski definition) is 1. The van der Waals surface area contributed by atoms with Crippen LogP contribution in [0.4, 0.5) is 0 Å². The van der Waals surface area contributed by atoms with Gasteiger partial charge in [-0.3, -0.25) is 4.79 Å². The molecule has 0 bridgehead atoms. The Morgan fingerprint density at radius 3 is 2.45 bits per heavy atom. The molecule has 0 unspecified atom stereocenters. The largest absolute Gasteiger partial charge is 1.00 e. The Morgan fingerprint density at radius 2 is 2.18 bits per heavy atom. The molecule has 0 fully saturated rings. The van der Waals surface area contributed by atoms with Crippen molar-refractivity contribution >= 4 is 35.2 Å². The smallest absolute Gasteiger partial charge is 1.00 e. The number of thiol groups is 1. The first kappa shape index (κ1) is 14.4. The topological polar surface area (TPSA) is 26.3 Å². The Kier molecular flexibility index (Phi) is 9.91. The van der Waals surface area contributed by atoms with E-state index in [1.165, 1.54) is 0 Å². The van der Waals surface area contributed by atoms with Crippen molar-refractivity contribution < 1.29 is 40.5 Å². The molecule has 2 nitrogen and oxygen atoms in total. The Bertz CT molecular complexity index is 152. The van der Waals surface area contributed by atoms with Crippen molar-refractivity contribution in [2.75, 3.05) is 0 Å². The molecule has 0 atom stereocenters. The maximum absolute atomic E-state index is 10.7. The van der Waals surface area contributed by atoms with Crippen LogP contribution in [0.2, 0.25) is 0 Å². The number of ether oxygens (including phenoxy) is 1. The van der Waals surface area contributed by atoms with Gasteiger partial charge in [0.05, 0.1) is 0 Å². The van der Waals surface area contributed by atoms with Crippen molar-refractivity contribution in [3.63, 3.8) is 0 Å². The summed E-state index contributed by atoms with van der Waals surface area (Å²) in [6.45, 7) is 3.87. The fourth-order valence-electron chi connectivity index (χ4n) is 0.472. The number of carbonyl (C=O) groups is 1. The van der Waals surface area contributed by atoms with Crippen molar-refractivity contribution in [2.24, 2.45) is 5.92 Å². The average Bonchev–Trinajstić information content (AvgIpc) is 1.58. The van der Waals surface area contributed by atoms with Gasteiger partial charge in [0.25, 0.3) is 0 Å². The third kappa shape index (κ3) is 10.9. The monoisotopic (exact) mass is 202 g/mol. The molecule has 0 saturated carbocycles. The van der Waals surface area contributed by atoms with E-state index in [4.69, 9.17) is 0 Å². The number of hydrogen-bond acceptors (Lipinski definition) is 3. The average molecular weight is 202 g/mol. The van der Waals surface area contributed by atoms with Crippen LogP contribution in [0.25, 0.3) is 0 Å². The summed E-state index contributed by atoms with van der Waals surface area (Å²) in [5, 5.41) is 0. The van der Waals surface area contributed by atoms with Gasteiger partial charge in [0, 0.05) is 6.42 Å². The Hall–Kier alpha value is 0.910. The Morgan fingerprint density at radius 1 is 1.73 bits per heavy atom. The Labute approximate surface area is 101 Å². The van der Waals surface area contributed by atoms with Crippen LogP contribution in [-0.2, 0) is 9.53 Å². The zero-order valence-electron chi connectivity index (χ0n) is 7.96. The molecule has 11 heavy (non-hydrogen) atoms. The quantitative estimate of drug-likeness (QED) is 0.267. The molecule has 60 valence electrons. The predicted octanol–water partition coefficient (Wildman–Crippen LogP) is -1.09. The normalized spacial score (nSPS) is 8.73. The molecule has 0 heterocycles. The van der Waals surface area contributed by atoms with E-state index in [1.807, 2.05) is 13.8 Å². The Balaban J connectivity index is -0.000000405. The van der Waals surface area contributed by atoms with Gasteiger partial charge in [-0.2, -0.15) is 0 Å². The maximum atomic E-state index is 10.7. The zero-order chi connectivity index (χ0) is 8.15. The number of carbonyl (C=O) groups excluding carboxylic acids is 1. The molecule has 0 saturated heterocycles. The maximum Gasteiger partial charge on any atom is 1.00 e. The summed E-state index contributed by atoms with van der Waals surface area (Å²) < 4.78 is 4.51. The van der Waals surface area contributed by atoms with Crippen molar-refractivity contribution in [1.29, 1.82) is 0 Å². The second kappa shape index (κ2) is 7.55. The minimum atomic E-state index is -0.310. The van der Waals surface area contributed by atoms with Crippen LogP contribution in [0.15, 0.2) is 0 Å². The summed E-state index contributed by atoms with van der Waals surface area (Å²) in [5.41, 5.74) is 0. The van der Waals surface area contributed by atoms with E-state index in [0.717, 1.165) is 0 Å². The van der Waals surface area contributed by atoms with Crippen molar-refractivity contribution in [2.45, 2.75) is 20.3 Å². The van der Waals surface area contributed by atoms with E-state index in [2.05, 4.69) is 29.6 Å². The van der Waals surface area contributed by atoms with Crippen LogP contribution < -0.4 is 29.6 Å². The molecule has 0 aliphatic heterocycles. The molecule has 5 heteroatoms. The van der Waals surface area contributed by atoms with Crippen LogP contribution in [-0.4, -0.2) is 10.4 Å². The van der Waals surface area contributed by atoms with E-state index >= 15 is 0 Å². The fraction of sp³-hybridized carbons (Fsp3) is 0.667. The molecular weight excluding hydrogens is 191 g/mol. The van der Waals surface area contributed by atoms with Crippen molar-refractivity contribution in [3.8, 4) is 0 Å². The van der Waals surface area contributed by atoms with Crippen LogP contribution in [0.5, 0.6) is 0 Å². The second-order valence-electron chi connectivity index (χ2n) is 2.34. The van der Waals surface area contributed by atoms with E-state index in [9.17, 15) is 4.79 Å². The molecule has 0 aromatic heterocycles. The van der Waals surface area contributed by atoms with Crippen molar-refractivity contribution in [1.82, 2.24) is 0 Å². The fourth-order valence-corrected chi connectivity index (χ4v) is 0.667. The van der Waals surface area contributed by atoms with Gasteiger partial charge in [-0.15, -0.1) is 0 Å². The van der Waals surface area contributed by atoms with Gasteiger partial charge in [-0.05, 0) is 18.1 Å². The van der Waals surface area contributed by atoms with Gasteiger partial charge in [0.15, 0.2) is 0 Å². The first-order chi connectivity index (χ1) is 4.52. The van der Waals surface area contributed by atoms with E-state index in [0.29, 0.717) is 12.3 Å². The molecule has 0 aliphatic carbocycles. The van der Waals surface area contributed by atoms with Crippen LogP contribution in [0.1, 0.15) is 21.7 Å². The van der Waals surface area contributed by atoms with Gasteiger partial charge in [0.1, 0.15) is 0 Å². The number of esters is 1. The molecule has 0 amide bonds. The first-order valence-corrected chi connectivity index (χ1v) is 3.81. The van der Waals surface area contributed by atoms with Crippen LogP contribution in [0.3, 0.4) is 0 Å². The number of thiocarbonyl (C=S) groups is 1. The van der Waals surface area contributed by atoms with Gasteiger partial charge < -0.3 is 6.16 Å². The summed E-state index contributed by atoms with van der Waals surface area (Å²) in [7, 11) is 0. The third-order valence-electron chi connectivity index (χ3n) is 0.776. The van der Waals surface area contributed by atoms with Gasteiger partial charge >= 0.3 is 35.5 Å². The summed E-state index contributed by atoms with van der Waals surface area (Å²) in [4.78, 5) is 10.7. The molecule has 0 aromatic carbocycles. The first-order valence-electron chi connectivity index (χ1n) is 2.96. The van der Waals surface area contributed by atoms with E-state index < -0.39 is 0 Å². The molecular formula is C6H11NaO2S2. The minimum absolute atomic E-state index is 0. The summed E-state index contributed by atoms with van der Waals surface area (Å²) in [6.07, 6.45) is 0.390. The molecule has 0 N–H and O–H groups in total. The molecule has 0 rings (SSSR count). The van der Waals surface area contributed by atoms with Crippen LogP contribution in [0, 0.1) is 5.92 Å².